The molecule has 0 bridgehead atoms. The normalized spacial score (nSPS) is 15.8. The van der Waals surface area contributed by atoms with Crippen molar-refractivity contribution >= 4 is 11.7 Å². The minimum absolute atomic E-state index is 0.0812. The van der Waals surface area contributed by atoms with Gasteiger partial charge in [-0.05, 0) is 36.2 Å². The lowest BCUT2D eigenvalue weighted by Crippen LogP contribution is -2.38. The third kappa shape index (κ3) is 4.49. The number of anilines is 1. The molecule has 0 atom stereocenters. The number of phenols is 1. The first kappa shape index (κ1) is 16.3. The van der Waals surface area contributed by atoms with Crippen molar-refractivity contribution in [1.82, 2.24) is 9.80 Å². The Hall–Kier alpha value is -2.53. The van der Waals surface area contributed by atoms with Crippen LogP contribution in [0.2, 0.25) is 0 Å². The monoisotopic (exact) mass is 325 g/mol. The van der Waals surface area contributed by atoms with E-state index in [4.69, 9.17) is 0 Å². The first-order chi connectivity index (χ1) is 11.7. The maximum atomic E-state index is 12.4. The van der Waals surface area contributed by atoms with Crippen molar-refractivity contribution in [2.24, 2.45) is 0 Å². The second kappa shape index (κ2) is 7.84. The molecule has 0 saturated carbocycles. The van der Waals surface area contributed by atoms with Gasteiger partial charge in [0.15, 0.2) is 0 Å². The van der Waals surface area contributed by atoms with Crippen LogP contribution >= 0.6 is 0 Å². The zero-order valence-electron chi connectivity index (χ0n) is 13.7. The molecule has 2 aromatic carbocycles. The molecule has 1 aliphatic heterocycles. The van der Waals surface area contributed by atoms with Gasteiger partial charge in [0.05, 0.1) is 0 Å². The first-order valence-corrected chi connectivity index (χ1v) is 8.32. The van der Waals surface area contributed by atoms with E-state index in [1.807, 2.05) is 11.0 Å². The van der Waals surface area contributed by atoms with Crippen molar-refractivity contribution in [3.63, 3.8) is 0 Å². The number of nitrogens with zero attached hydrogens (tertiary/aromatic N) is 2. The van der Waals surface area contributed by atoms with Gasteiger partial charge in [0, 0.05) is 38.4 Å². The largest absolute Gasteiger partial charge is 0.508 e. The highest BCUT2D eigenvalue weighted by atomic mass is 16.3. The van der Waals surface area contributed by atoms with Crippen molar-refractivity contribution in [3.8, 4) is 5.75 Å². The molecule has 1 heterocycles. The number of aromatic hydroxyl groups is 1. The molecular weight excluding hydrogens is 302 g/mol. The Labute approximate surface area is 142 Å². The average molecular weight is 325 g/mol. The quantitative estimate of drug-likeness (QED) is 0.853. The van der Waals surface area contributed by atoms with Crippen molar-refractivity contribution in [3.05, 3.63) is 60.2 Å². The van der Waals surface area contributed by atoms with Gasteiger partial charge in [-0.15, -0.1) is 0 Å². The molecular formula is C19H23N3O2. The van der Waals surface area contributed by atoms with E-state index in [0.29, 0.717) is 5.69 Å². The Morgan fingerprint density at radius 1 is 0.958 bits per heavy atom. The second-order valence-corrected chi connectivity index (χ2v) is 6.08. The Balaban J connectivity index is 1.53. The third-order valence-electron chi connectivity index (χ3n) is 4.24. The number of carbonyl (C=O) groups excluding carboxylic acids is 1. The minimum atomic E-state index is -0.0812. The van der Waals surface area contributed by atoms with Crippen molar-refractivity contribution in [2.75, 3.05) is 31.5 Å². The summed E-state index contributed by atoms with van der Waals surface area (Å²) in [5, 5.41) is 12.2. The molecule has 3 rings (SSSR count). The maximum Gasteiger partial charge on any atom is 0.321 e. The summed E-state index contributed by atoms with van der Waals surface area (Å²) in [6.07, 6.45) is 0.968. The predicted molar refractivity (Wildman–Crippen MR) is 95.0 cm³/mol. The SMILES string of the molecule is O=C(Nc1ccc(O)cc1)N1CCCN(Cc2ccccc2)CC1. The lowest BCUT2D eigenvalue weighted by Gasteiger charge is -2.22. The van der Waals surface area contributed by atoms with Gasteiger partial charge in [0.1, 0.15) is 5.75 Å². The van der Waals surface area contributed by atoms with Gasteiger partial charge < -0.3 is 15.3 Å². The van der Waals surface area contributed by atoms with Gasteiger partial charge in [0.2, 0.25) is 0 Å². The fraction of sp³-hybridized carbons (Fsp3) is 0.316. The lowest BCUT2D eigenvalue weighted by molar-refractivity contribution is 0.211. The van der Waals surface area contributed by atoms with Crippen LogP contribution in [0.25, 0.3) is 0 Å². The fourth-order valence-electron chi connectivity index (χ4n) is 2.92. The molecule has 1 aliphatic rings. The van der Waals surface area contributed by atoms with Crippen molar-refractivity contribution < 1.29 is 9.90 Å². The summed E-state index contributed by atoms with van der Waals surface area (Å²) >= 11 is 0. The Morgan fingerprint density at radius 3 is 2.46 bits per heavy atom. The molecule has 1 fully saturated rings. The van der Waals surface area contributed by atoms with Crippen LogP contribution in [0.4, 0.5) is 10.5 Å². The Kier molecular flexibility index (Phi) is 5.33. The molecule has 2 amide bonds. The summed E-state index contributed by atoms with van der Waals surface area (Å²) in [6.45, 7) is 4.27. The summed E-state index contributed by atoms with van der Waals surface area (Å²) in [4.78, 5) is 16.7. The van der Waals surface area contributed by atoms with E-state index in [2.05, 4.69) is 34.5 Å². The van der Waals surface area contributed by atoms with Gasteiger partial charge in [-0.1, -0.05) is 30.3 Å². The smallest absolute Gasteiger partial charge is 0.321 e. The summed E-state index contributed by atoms with van der Waals surface area (Å²) in [7, 11) is 0. The van der Waals surface area contributed by atoms with Crippen LogP contribution in [0.5, 0.6) is 5.75 Å². The van der Waals surface area contributed by atoms with Crippen LogP contribution in [0.15, 0.2) is 54.6 Å². The van der Waals surface area contributed by atoms with Gasteiger partial charge in [-0.2, -0.15) is 0 Å². The summed E-state index contributed by atoms with van der Waals surface area (Å²) in [5.41, 5.74) is 2.00. The third-order valence-corrected chi connectivity index (χ3v) is 4.24. The molecule has 5 nitrogen and oxygen atoms in total. The van der Waals surface area contributed by atoms with Crippen LogP contribution < -0.4 is 5.32 Å². The van der Waals surface area contributed by atoms with Gasteiger partial charge >= 0.3 is 6.03 Å². The highest BCUT2D eigenvalue weighted by Gasteiger charge is 2.19. The molecule has 0 aliphatic carbocycles. The number of nitrogens with one attached hydrogen (secondary N) is 1. The van der Waals surface area contributed by atoms with Crippen LogP contribution in [0, 0.1) is 0 Å². The number of rotatable bonds is 3. The van der Waals surface area contributed by atoms with Gasteiger partial charge in [0.25, 0.3) is 0 Å². The van der Waals surface area contributed by atoms with E-state index in [0.717, 1.165) is 39.1 Å². The molecule has 2 N–H and O–H groups in total. The number of hydrogen-bond donors (Lipinski definition) is 2. The van der Waals surface area contributed by atoms with Crippen molar-refractivity contribution in [1.29, 1.82) is 0 Å². The number of hydrogen-bond acceptors (Lipinski definition) is 3. The van der Waals surface area contributed by atoms with Crippen LogP contribution in [0.3, 0.4) is 0 Å². The van der Waals surface area contributed by atoms with E-state index in [9.17, 15) is 9.90 Å². The van der Waals surface area contributed by atoms with E-state index in [1.165, 1.54) is 5.56 Å². The molecule has 24 heavy (non-hydrogen) atoms. The number of benzene rings is 2. The molecule has 0 unspecified atom stereocenters. The summed E-state index contributed by atoms with van der Waals surface area (Å²) in [6, 6.07) is 16.9. The minimum Gasteiger partial charge on any atom is -0.508 e. The molecule has 2 aromatic rings. The molecule has 0 aromatic heterocycles. The fourth-order valence-corrected chi connectivity index (χ4v) is 2.92. The highest BCUT2D eigenvalue weighted by molar-refractivity contribution is 5.89. The number of carbonyl (C=O) groups is 1. The van der Waals surface area contributed by atoms with Crippen LogP contribution in [0.1, 0.15) is 12.0 Å². The highest BCUT2D eigenvalue weighted by Crippen LogP contribution is 2.15. The Morgan fingerprint density at radius 2 is 1.71 bits per heavy atom. The first-order valence-electron chi connectivity index (χ1n) is 8.32. The lowest BCUT2D eigenvalue weighted by atomic mass is 10.2. The summed E-state index contributed by atoms with van der Waals surface area (Å²) < 4.78 is 0. The molecule has 1 saturated heterocycles. The van der Waals surface area contributed by atoms with Crippen LogP contribution in [-0.2, 0) is 6.54 Å². The van der Waals surface area contributed by atoms with Gasteiger partial charge in [-0.25, -0.2) is 4.79 Å². The zero-order chi connectivity index (χ0) is 16.8. The number of urea groups is 1. The molecule has 5 heteroatoms. The number of phenolic OH excluding ortho intramolecular Hbond substituents is 1. The Bertz CT molecular complexity index is 658. The van der Waals surface area contributed by atoms with E-state index in [-0.39, 0.29) is 11.8 Å². The number of amides is 2. The second-order valence-electron chi connectivity index (χ2n) is 6.08. The maximum absolute atomic E-state index is 12.4. The molecule has 126 valence electrons. The molecule has 0 spiro atoms. The summed E-state index contributed by atoms with van der Waals surface area (Å²) in [5.74, 6) is 0.194. The molecule has 0 radical (unpaired) electrons. The van der Waals surface area contributed by atoms with Crippen molar-refractivity contribution in [2.45, 2.75) is 13.0 Å². The van der Waals surface area contributed by atoms with E-state index >= 15 is 0 Å². The standard InChI is InChI=1S/C19H23N3O2/c23-18-9-7-17(8-10-18)20-19(24)22-12-4-11-21(13-14-22)15-16-5-2-1-3-6-16/h1-3,5-10,23H,4,11-15H2,(H,20,24). The predicted octanol–water partition coefficient (Wildman–Crippen LogP) is 3.13. The van der Waals surface area contributed by atoms with Crippen LogP contribution in [-0.4, -0.2) is 47.1 Å². The average Bonchev–Trinajstić information content (AvgIpc) is 2.83. The van der Waals surface area contributed by atoms with E-state index < -0.39 is 0 Å². The zero-order valence-corrected chi connectivity index (χ0v) is 13.7. The van der Waals surface area contributed by atoms with Gasteiger partial charge in [-0.3, -0.25) is 4.90 Å². The topological polar surface area (TPSA) is 55.8 Å². The van der Waals surface area contributed by atoms with E-state index in [1.54, 1.807) is 24.3 Å².